The molecule has 156 valence electrons. The van der Waals surface area contributed by atoms with Gasteiger partial charge in [-0.1, -0.05) is 17.7 Å². The molecule has 1 heterocycles. The molecule has 30 heavy (non-hydrogen) atoms. The van der Waals surface area contributed by atoms with Crippen LogP contribution in [-0.2, 0) is 10.2 Å². The number of rotatable bonds is 4. The molecule has 0 N–H and O–H groups in total. The molecule has 1 aromatic heterocycles. The van der Waals surface area contributed by atoms with Gasteiger partial charge in [-0.05, 0) is 67.8 Å². The van der Waals surface area contributed by atoms with Crippen LogP contribution in [0, 0.1) is 24.4 Å². The summed E-state index contributed by atoms with van der Waals surface area (Å²) in [6.07, 6.45) is 1.45. The molecule has 0 saturated carbocycles. The third kappa shape index (κ3) is 4.19. The minimum absolute atomic E-state index is 0.207. The molecule has 0 bridgehead atoms. The van der Waals surface area contributed by atoms with Crippen LogP contribution in [0.2, 0.25) is 5.15 Å². The number of aromatic nitrogens is 1. The van der Waals surface area contributed by atoms with Gasteiger partial charge in [0.2, 0.25) is 5.91 Å². The summed E-state index contributed by atoms with van der Waals surface area (Å²) in [4.78, 5) is 18.8. The minimum Gasteiger partial charge on any atom is -0.313 e. The third-order valence-corrected chi connectivity index (χ3v) is 5.32. The van der Waals surface area contributed by atoms with Gasteiger partial charge >= 0.3 is 0 Å². The standard InChI is InChI=1S/C23H20ClF3N2O/c1-13-7-15(25)5-6-18(13)19-11-21(24)28-12-20(19)29(4)22(30)23(2,3)14-8-16(26)10-17(27)9-14/h5-12H,1-4H3. The molecule has 3 aromatic rings. The van der Waals surface area contributed by atoms with E-state index in [2.05, 4.69) is 4.98 Å². The van der Waals surface area contributed by atoms with Gasteiger partial charge in [-0.3, -0.25) is 4.79 Å². The van der Waals surface area contributed by atoms with Gasteiger partial charge in [0.1, 0.15) is 22.6 Å². The van der Waals surface area contributed by atoms with E-state index in [0.29, 0.717) is 22.4 Å². The smallest absolute Gasteiger partial charge is 0.236 e. The van der Waals surface area contributed by atoms with Crippen molar-refractivity contribution in [3.63, 3.8) is 0 Å². The predicted octanol–water partition coefficient (Wildman–Crippen LogP) is 6.07. The SMILES string of the molecule is Cc1cc(F)ccc1-c1cc(Cl)ncc1N(C)C(=O)C(C)(C)c1cc(F)cc(F)c1. The first-order valence-electron chi connectivity index (χ1n) is 9.17. The number of carbonyl (C=O) groups excluding carboxylic acids is 1. The number of hydrogen-bond donors (Lipinski definition) is 0. The number of benzene rings is 2. The first-order chi connectivity index (χ1) is 14.0. The number of aryl methyl sites for hydroxylation is 1. The molecule has 0 atom stereocenters. The molecule has 0 unspecified atom stereocenters. The van der Waals surface area contributed by atoms with Crippen molar-refractivity contribution in [1.29, 1.82) is 0 Å². The molecule has 0 aliphatic carbocycles. The van der Waals surface area contributed by atoms with E-state index in [4.69, 9.17) is 11.6 Å². The normalized spacial score (nSPS) is 11.5. The average molecular weight is 433 g/mol. The summed E-state index contributed by atoms with van der Waals surface area (Å²) in [5.74, 6) is -2.30. The monoisotopic (exact) mass is 432 g/mol. The first kappa shape index (κ1) is 21.8. The van der Waals surface area contributed by atoms with Crippen molar-refractivity contribution >= 4 is 23.2 Å². The van der Waals surface area contributed by atoms with Gasteiger partial charge in [0.15, 0.2) is 0 Å². The van der Waals surface area contributed by atoms with Crippen LogP contribution in [-0.4, -0.2) is 17.9 Å². The second-order valence-corrected chi connectivity index (χ2v) is 8.02. The fourth-order valence-corrected chi connectivity index (χ4v) is 3.56. The minimum atomic E-state index is -1.23. The third-order valence-electron chi connectivity index (χ3n) is 5.11. The van der Waals surface area contributed by atoms with Crippen LogP contribution in [0.25, 0.3) is 11.1 Å². The van der Waals surface area contributed by atoms with E-state index >= 15 is 0 Å². The van der Waals surface area contributed by atoms with E-state index in [0.717, 1.165) is 18.2 Å². The Labute approximate surface area is 178 Å². The first-order valence-corrected chi connectivity index (χ1v) is 9.55. The zero-order valence-corrected chi connectivity index (χ0v) is 17.7. The number of nitrogens with zero attached hydrogens (tertiary/aromatic N) is 2. The van der Waals surface area contributed by atoms with Crippen molar-refractivity contribution in [3.05, 3.63) is 82.4 Å². The van der Waals surface area contributed by atoms with Crippen molar-refractivity contribution in [3.8, 4) is 11.1 Å². The largest absolute Gasteiger partial charge is 0.313 e. The van der Waals surface area contributed by atoms with Crippen molar-refractivity contribution < 1.29 is 18.0 Å². The van der Waals surface area contributed by atoms with Crippen LogP contribution < -0.4 is 4.90 Å². The summed E-state index contributed by atoms with van der Waals surface area (Å²) < 4.78 is 41.0. The Hall–Kier alpha value is -2.86. The number of carbonyl (C=O) groups is 1. The fourth-order valence-electron chi connectivity index (χ4n) is 3.40. The van der Waals surface area contributed by atoms with Crippen LogP contribution in [0.1, 0.15) is 25.0 Å². The molecule has 2 aromatic carbocycles. The quantitative estimate of drug-likeness (QED) is 0.469. The van der Waals surface area contributed by atoms with Crippen molar-refractivity contribution in [2.75, 3.05) is 11.9 Å². The molecule has 0 aliphatic rings. The molecule has 3 nitrogen and oxygen atoms in total. The lowest BCUT2D eigenvalue weighted by molar-refractivity contribution is -0.122. The molecular formula is C23H20ClF3N2O. The van der Waals surface area contributed by atoms with Crippen LogP contribution in [0.15, 0.2) is 48.7 Å². The maximum absolute atomic E-state index is 13.7. The average Bonchev–Trinajstić information content (AvgIpc) is 2.66. The lowest BCUT2D eigenvalue weighted by Crippen LogP contribution is -2.42. The summed E-state index contributed by atoms with van der Waals surface area (Å²) in [7, 11) is 1.55. The molecular weight excluding hydrogens is 413 g/mol. The van der Waals surface area contributed by atoms with E-state index in [-0.39, 0.29) is 16.5 Å². The maximum atomic E-state index is 13.7. The molecule has 0 spiro atoms. The Morgan fingerprint density at radius 3 is 2.20 bits per heavy atom. The lowest BCUT2D eigenvalue weighted by atomic mass is 9.83. The Morgan fingerprint density at radius 1 is 0.967 bits per heavy atom. The highest BCUT2D eigenvalue weighted by molar-refractivity contribution is 6.29. The predicted molar refractivity (Wildman–Crippen MR) is 112 cm³/mol. The highest BCUT2D eigenvalue weighted by atomic mass is 35.5. The van der Waals surface area contributed by atoms with Gasteiger partial charge in [-0.15, -0.1) is 0 Å². The van der Waals surface area contributed by atoms with Crippen LogP contribution in [0.5, 0.6) is 0 Å². The molecule has 3 rings (SSSR count). The Balaban J connectivity index is 2.08. The number of hydrogen-bond acceptors (Lipinski definition) is 2. The van der Waals surface area contributed by atoms with Gasteiger partial charge in [0, 0.05) is 18.7 Å². The number of pyridine rings is 1. The fraction of sp³-hybridized carbons (Fsp3) is 0.217. The van der Waals surface area contributed by atoms with Crippen molar-refractivity contribution in [1.82, 2.24) is 4.98 Å². The Kier molecular flexibility index (Phi) is 5.90. The van der Waals surface area contributed by atoms with Crippen LogP contribution >= 0.6 is 11.6 Å². The van der Waals surface area contributed by atoms with Gasteiger partial charge in [0.25, 0.3) is 0 Å². The van der Waals surface area contributed by atoms with E-state index in [1.807, 2.05) is 0 Å². The number of halogens is 4. The summed E-state index contributed by atoms with van der Waals surface area (Å²) >= 11 is 6.08. The van der Waals surface area contributed by atoms with Gasteiger partial charge < -0.3 is 4.90 Å². The summed E-state index contributed by atoms with van der Waals surface area (Å²) in [6, 6.07) is 8.93. The summed E-state index contributed by atoms with van der Waals surface area (Å²) in [6.45, 7) is 4.93. The second-order valence-electron chi connectivity index (χ2n) is 7.63. The Bertz CT molecular complexity index is 1110. The maximum Gasteiger partial charge on any atom is 0.236 e. The van der Waals surface area contributed by atoms with Crippen LogP contribution in [0.3, 0.4) is 0 Å². The summed E-state index contributed by atoms with van der Waals surface area (Å²) in [5.41, 5.74) is 1.34. The van der Waals surface area contributed by atoms with Gasteiger partial charge in [-0.25, -0.2) is 18.2 Å². The molecule has 0 fully saturated rings. The topological polar surface area (TPSA) is 33.2 Å². The van der Waals surface area contributed by atoms with E-state index in [1.165, 1.54) is 23.2 Å². The number of anilines is 1. The zero-order chi connectivity index (χ0) is 22.2. The van der Waals surface area contributed by atoms with E-state index < -0.39 is 23.0 Å². The molecule has 0 aliphatic heterocycles. The molecule has 1 amide bonds. The van der Waals surface area contributed by atoms with Crippen LogP contribution in [0.4, 0.5) is 18.9 Å². The second kappa shape index (κ2) is 8.11. The number of amides is 1. The summed E-state index contributed by atoms with van der Waals surface area (Å²) in [5, 5.41) is 0.213. The zero-order valence-electron chi connectivity index (χ0n) is 16.9. The van der Waals surface area contributed by atoms with Crippen molar-refractivity contribution in [2.24, 2.45) is 0 Å². The molecule has 0 radical (unpaired) electrons. The van der Waals surface area contributed by atoms with E-state index in [9.17, 15) is 18.0 Å². The highest BCUT2D eigenvalue weighted by Crippen LogP contribution is 2.36. The number of likely N-dealkylation sites (N-methyl/N-ethyl adjacent to an activating group) is 1. The Morgan fingerprint density at radius 2 is 1.60 bits per heavy atom. The van der Waals surface area contributed by atoms with Crippen molar-refractivity contribution in [2.45, 2.75) is 26.2 Å². The lowest BCUT2D eigenvalue weighted by Gasteiger charge is -2.31. The van der Waals surface area contributed by atoms with Gasteiger partial charge in [-0.2, -0.15) is 0 Å². The molecule has 7 heteroatoms. The molecule has 0 saturated heterocycles. The van der Waals surface area contributed by atoms with E-state index in [1.54, 1.807) is 40.0 Å². The highest BCUT2D eigenvalue weighted by Gasteiger charge is 2.34. The van der Waals surface area contributed by atoms with Gasteiger partial charge in [0.05, 0.1) is 17.3 Å².